The van der Waals surface area contributed by atoms with Gasteiger partial charge in [0.2, 0.25) is 10.0 Å². The molecule has 0 aliphatic heterocycles. The second-order valence-corrected chi connectivity index (χ2v) is 6.01. The summed E-state index contributed by atoms with van der Waals surface area (Å²) >= 11 is 0.950. The first-order valence-electron chi connectivity index (χ1n) is 4.84. The van der Waals surface area contributed by atoms with Gasteiger partial charge in [0.1, 0.15) is 4.21 Å². The molecular weight excluding hydrogens is 248 g/mol. The van der Waals surface area contributed by atoms with Crippen LogP contribution in [0.2, 0.25) is 0 Å². The van der Waals surface area contributed by atoms with Gasteiger partial charge in [0.15, 0.2) is 0 Å². The molecule has 0 saturated carbocycles. The van der Waals surface area contributed by atoms with E-state index < -0.39 is 10.0 Å². The van der Waals surface area contributed by atoms with Crippen molar-refractivity contribution in [1.29, 1.82) is 0 Å². The lowest BCUT2D eigenvalue weighted by Crippen LogP contribution is -2.23. The summed E-state index contributed by atoms with van der Waals surface area (Å²) in [5, 5.41) is 9.13. The Morgan fingerprint density at radius 3 is 2.75 bits per heavy atom. The number of hydrogen-bond donors (Lipinski definition) is 2. The van der Waals surface area contributed by atoms with Crippen molar-refractivity contribution in [2.75, 3.05) is 6.54 Å². The van der Waals surface area contributed by atoms with Gasteiger partial charge < -0.3 is 5.32 Å². The van der Waals surface area contributed by atoms with Crippen molar-refractivity contribution < 1.29 is 13.2 Å². The fraction of sp³-hybridized carbons (Fsp3) is 0.444. The Hall–Kier alpha value is -0.920. The van der Waals surface area contributed by atoms with Gasteiger partial charge in [0, 0.05) is 11.9 Å². The maximum atomic E-state index is 11.5. The molecule has 16 heavy (non-hydrogen) atoms. The molecule has 0 aliphatic carbocycles. The maximum Gasteiger partial charge on any atom is 0.252 e. The SMILES string of the molecule is CCCCNC(=O)c1csc(S(N)(=O)=O)c1. The molecule has 0 saturated heterocycles. The quantitative estimate of drug-likeness (QED) is 0.773. The number of carbonyl (C=O) groups is 1. The van der Waals surface area contributed by atoms with E-state index in [4.69, 9.17) is 5.14 Å². The van der Waals surface area contributed by atoms with E-state index in [0.717, 1.165) is 24.2 Å². The van der Waals surface area contributed by atoms with Crippen LogP contribution in [0.4, 0.5) is 0 Å². The van der Waals surface area contributed by atoms with Gasteiger partial charge in [-0.15, -0.1) is 11.3 Å². The second kappa shape index (κ2) is 5.42. The third-order valence-electron chi connectivity index (χ3n) is 1.93. The minimum Gasteiger partial charge on any atom is -0.352 e. The van der Waals surface area contributed by atoms with Crippen LogP contribution in [-0.2, 0) is 10.0 Å². The molecule has 0 fully saturated rings. The molecule has 5 nitrogen and oxygen atoms in total. The summed E-state index contributed by atoms with van der Waals surface area (Å²) in [7, 11) is -3.70. The third kappa shape index (κ3) is 3.58. The average Bonchev–Trinajstić information content (AvgIpc) is 2.66. The van der Waals surface area contributed by atoms with Crippen LogP contribution >= 0.6 is 11.3 Å². The van der Waals surface area contributed by atoms with Crippen molar-refractivity contribution in [3.8, 4) is 0 Å². The zero-order valence-corrected chi connectivity index (χ0v) is 10.5. The summed E-state index contributed by atoms with van der Waals surface area (Å²) in [6.07, 6.45) is 1.89. The molecule has 0 bridgehead atoms. The number of amides is 1. The fourth-order valence-electron chi connectivity index (χ4n) is 1.07. The number of thiophene rings is 1. The van der Waals surface area contributed by atoms with Crippen LogP contribution in [0, 0.1) is 0 Å². The van der Waals surface area contributed by atoms with Gasteiger partial charge in [-0.3, -0.25) is 4.79 Å². The van der Waals surface area contributed by atoms with E-state index in [1.165, 1.54) is 11.4 Å². The fourth-order valence-corrected chi connectivity index (χ4v) is 2.65. The number of nitrogens with one attached hydrogen (secondary N) is 1. The normalized spacial score (nSPS) is 11.4. The molecule has 7 heteroatoms. The van der Waals surface area contributed by atoms with Gasteiger partial charge in [0.05, 0.1) is 5.56 Å². The predicted octanol–water partition coefficient (Wildman–Crippen LogP) is 0.925. The molecule has 1 rings (SSSR count). The van der Waals surface area contributed by atoms with Crippen molar-refractivity contribution in [2.24, 2.45) is 5.14 Å². The average molecular weight is 262 g/mol. The smallest absolute Gasteiger partial charge is 0.252 e. The molecule has 0 unspecified atom stereocenters. The Labute approximate surface area is 98.7 Å². The zero-order valence-electron chi connectivity index (χ0n) is 8.89. The van der Waals surface area contributed by atoms with E-state index in [1.807, 2.05) is 6.92 Å². The van der Waals surface area contributed by atoms with Gasteiger partial charge in [-0.1, -0.05) is 13.3 Å². The van der Waals surface area contributed by atoms with Gasteiger partial charge in [0.25, 0.3) is 5.91 Å². The van der Waals surface area contributed by atoms with E-state index in [2.05, 4.69) is 5.32 Å². The lowest BCUT2D eigenvalue weighted by atomic mass is 10.3. The summed E-state index contributed by atoms with van der Waals surface area (Å²) in [6, 6.07) is 1.29. The van der Waals surface area contributed by atoms with Gasteiger partial charge in [-0.25, -0.2) is 13.6 Å². The lowest BCUT2D eigenvalue weighted by molar-refractivity contribution is 0.0953. The van der Waals surface area contributed by atoms with E-state index >= 15 is 0 Å². The first-order chi connectivity index (χ1) is 7.45. The third-order valence-corrected chi connectivity index (χ3v) is 4.32. The number of carbonyl (C=O) groups excluding carboxylic acids is 1. The first-order valence-corrected chi connectivity index (χ1v) is 7.27. The van der Waals surface area contributed by atoms with Crippen molar-refractivity contribution in [3.05, 3.63) is 17.0 Å². The summed E-state index contributed by atoms with van der Waals surface area (Å²) < 4.78 is 22.0. The first kappa shape index (κ1) is 13.1. The van der Waals surface area contributed by atoms with Crippen LogP contribution in [0.15, 0.2) is 15.7 Å². The topological polar surface area (TPSA) is 89.3 Å². The van der Waals surface area contributed by atoms with Crippen LogP contribution in [0.25, 0.3) is 0 Å². The summed E-state index contributed by atoms with van der Waals surface area (Å²) in [5.41, 5.74) is 0.338. The molecule has 0 radical (unpaired) electrons. The van der Waals surface area contributed by atoms with E-state index in [-0.39, 0.29) is 10.1 Å². The number of rotatable bonds is 5. The molecule has 1 aromatic rings. The number of nitrogens with two attached hydrogens (primary N) is 1. The highest BCUT2D eigenvalue weighted by atomic mass is 32.2. The summed E-state index contributed by atoms with van der Waals surface area (Å²) in [5.74, 6) is -0.264. The second-order valence-electron chi connectivity index (χ2n) is 3.31. The Kier molecular flexibility index (Phi) is 4.45. The van der Waals surface area contributed by atoms with E-state index in [0.29, 0.717) is 12.1 Å². The van der Waals surface area contributed by atoms with Crippen LogP contribution < -0.4 is 10.5 Å². The van der Waals surface area contributed by atoms with E-state index in [9.17, 15) is 13.2 Å². The highest BCUT2D eigenvalue weighted by Gasteiger charge is 2.14. The largest absolute Gasteiger partial charge is 0.352 e. The molecular formula is C9H14N2O3S2. The standard InChI is InChI=1S/C9H14N2O3S2/c1-2-3-4-11-9(12)7-5-8(15-6-7)16(10,13)14/h5-6H,2-4H2,1H3,(H,11,12)(H2,10,13,14). The Bertz CT molecular complexity index is 465. The molecule has 3 N–H and O–H groups in total. The molecule has 0 aromatic carbocycles. The molecule has 0 aliphatic rings. The van der Waals surface area contributed by atoms with Gasteiger partial charge in [-0.2, -0.15) is 0 Å². The number of primary sulfonamides is 1. The number of unbranched alkanes of at least 4 members (excludes halogenated alkanes) is 1. The molecule has 1 amide bonds. The highest BCUT2D eigenvalue weighted by Crippen LogP contribution is 2.18. The zero-order chi connectivity index (χ0) is 12.2. The monoisotopic (exact) mass is 262 g/mol. The van der Waals surface area contributed by atoms with E-state index in [1.54, 1.807) is 0 Å². The minimum absolute atomic E-state index is 0.00754. The van der Waals surface area contributed by atoms with Gasteiger partial charge in [-0.05, 0) is 12.5 Å². The Morgan fingerprint density at radius 1 is 1.56 bits per heavy atom. The highest BCUT2D eigenvalue weighted by molar-refractivity contribution is 7.91. The van der Waals surface area contributed by atoms with Crippen molar-refractivity contribution in [3.63, 3.8) is 0 Å². The van der Waals surface area contributed by atoms with Crippen molar-refractivity contribution in [2.45, 2.75) is 24.0 Å². The van der Waals surface area contributed by atoms with Gasteiger partial charge >= 0.3 is 0 Å². The predicted molar refractivity (Wildman–Crippen MR) is 62.9 cm³/mol. The molecule has 0 spiro atoms. The van der Waals surface area contributed by atoms with Crippen molar-refractivity contribution >= 4 is 27.3 Å². The Morgan fingerprint density at radius 2 is 2.25 bits per heavy atom. The Balaban J connectivity index is 2.68. The number of sulfonamides is 1. The molecule has 90 valence electrons. The van der Waals surface area contributed by atoms with Crippen LogP contribution in [0.1, 0.15) is 30.1 Å². The van der Waals surface area contributed by atoms with Crippen LogP contribution in [0.3, 0.4) is 0 Å². The molecule has 1 aromatic heterocycles. The van der Waals surface area contributed by atoms with Crippen molar-refractivity contribution in [1.82, 2.24) is 5.32 Å². The summed E-state index contributed by atoms with van der Waals surface area (Å²) in [4.78, 5) is 11.5. The lowest BCUT2D eigenvalue weighted by Gasteiger charge is -2.00. The summed E-state index contributed by atoms with van der Waals surface area (Å²) in [6.45, 7) is 2.62. The van der Waals surface area contributed by atoms with Crippen LogP contribution in [-0.4, -0.2) is 20.9 Å². The molecule has 1 heterocycles. The van der Waals surface area contributed by atoms with Crippen LogP contribution in [0.5, 0.6) is 0 Å². The molecule has 0 atom stereocenters. The maximum absolute atomic E-state index is 11.5. The minimum atomic E-state index is -3.70. The number of hydrogen-bond acceptors (Lipinski definition) is 4.